The van der Waals surface area contributed by atoms with Crippen molar-refractivity contribution in [2.45, 2.75) is 38.1 Å². The van der Waals surface area contributed by atoms with E-state index in [2.05, 4.69) is 0 Å². The molecule has 0 bridgehead atoms. The number of halogens is 1. The predicted octanol–water partition coefficient (Wildman–Crippen LogP) is 5.15. The van der Waals surface area contributed by atoms with Gasteiger partial charge in [-0.2, -0.15) is 4.31 Å². The highest BCUT2D eigenvalue weighted by molar-refractivity contribution is 7.89. The van der Waals surface area contributed by atoms with Gasteiger partial charge in [-0.1, -0.05) is 29.8 Å². The van der Waals surface area contributed by atoms with Crippen molar-refractivity contribution in [1.29, 1.82) is 0 Å². The molecule has 0 N–H and O–H groups in total. The Morgan fingerprint density at radius 3 is 2.32 bits per heavy atom. The number of hydrogen-bond acceptors (Lipinski definition) is 3. The Morgan fingerprint density at radius 2 is 1.68 bits per heavy atom. The molecule has 4 rings (SSSR count). The second kappa shape index (κ2) is 7.10. The van der Waals surface area contributed by atoms with Gasteiger partial charge < -0.3 is 0 Å². The molecule has 146 valence electrons. The fourth-order valence-corrected chi connectivity index (χ4v) is 7.15. The van der Waals surface area contributed by atoms with Crippen molar-refractivity contribution in [3.05, 3.63) is 86.4 Å². The monoisotopic (exact) mass is 415 g/mol. The summed E-state index contributed by atoms with van der Waals surface area (Å²) in [6.07, 6.45) is 0.688. The molecule has 0 saturated heterocycles. The SMILES string of the molecule is Cc1cc(C)c(S(=O)(=O)N2CCc3sccc3[C@H]2c2ccc(F)cc2)c(C)c1. The zero-order valence-electron chi connectivity index (χ0n) is 16.1. The van der Waals surface area contributed by atoms with E-state index in [0.29, 0.717) is 17.9 Å². The lowest BCUT2D eigenvalue weighted by atomic mass is 9.95. The molecule has 3 nitrogen and oxygen atoms in total. The van der Waals surface area contributed by atoms with Crippen LogP contribution in [0.3, 0.4) is 0 Å². The Labute approximate surface area is 169 Å². The predicted molar refractivity (Wildman–Crippen MR) is 111 cm³/mol. The van der Waals surface area contributed by atoms with E-state index in [0.717, 1.165) is 27.8 Å². The maximum absolute atomic E-state index is 13.8. The Kier molecular flexibility index (Phi) is 4.89. The topological polar surface area (TPSA) is 37.4 Å². The second-order valence-corrected chi connectivity index (χ2v) is 10.2. The van der Waals surface area contributed by atoms with Gasteiger partial charge in [0.05, 0.1) is 10.9 Å². The van der Waals surface area contributed by atoms with Crippen LogP contribution in [0.15, 0.2) is 52.7 Å². The standard InChI is InChI=1S/C22H22FNO2S2/c1-14-12-15(2)22(16(3)13-14)28(25,26)24-10-8-20-19(9-11-27-20)21(24)17-4-6-18(23)7-5-17/h4-7,9,11-13,21H,8,10H2,1-3H3/t21-/m1/s1. The first kappa shape index (κ1) is 19.3. The van der Waals surface area contributed by atoms with Gasteiger partial charge in [0.25, 0.3) is 0 Å². The van der Waals surface area contributed by atoms with Gasteiger partial charge >= 0.3 is 0 Å². The Morgan fingerprint density at radius 1 is 1.04 bits per heavy atom. The van der Waals surface area contributed by atoms with E-state index in [1.807, 2.05) is 44.4 Å². The molecule has 3 aromatic rings. The molecule has 1 aromatic heterocycles. The van der Waals surface area contributed by atoms with Crippen LogP contribution in [0.1, 0.15) is 38.7 Å². The molecule has 0 unspecified atom stereocenters. The van der Waals surface area contributed by atoms with E-state index in [9.17, 15) is 12.8 Å². The maximum atomic E-state index is 13.8. The van der Waals surface area contributed by atoms with Gasteiger partial charge in [0.2, 0.25) is 10.0 Å². The van der Waals surface area contributed by atoms with E-state index in [1.165, 1.54) is 17.0 Å². The number of aryl methyl sites for hydroxylation is 3. The molecular formula is C22H22FNO2S2. The lowest BCUT2D eigenvalue weighted by Crippen LogP contribution is -2.40. The first-order chi connectivity index (χ1) is 13.3. The minimum Gasteiger partial charge on any atom is -0.207 e. The van der Waals surface area contributed by atoms with E-state index in [-0.39, 0.29) is 5.82 Å². The number of fused-ring (bicyclic) bond motifs is 1. The molecule has 2 heterocycles. The van der Waals surface area contributed by atoms with Crippen LogP contribution in [-0.4, -0.2) is 19.3 Å². The molecule has 0 aliphatic carbocycles. The highest BCUT2D eigenvalue weighted by Crippen LogP contribution is 2.41. The second-order valence-electron chi connectivity index (χ2n) is 7.35. The van der Waals surface area contributed by atoms with Gasteiger partial charge in [-0.15, -0.1) is 11.3 Å². The third kappa shape index (κ3) is 3.19. The summed E-state index contributed by atoms with van der Waals surface area (Å²) in [6.45, 7) is 6.07. The number of nitrogens with zero attached hydrogens (tertiary/aromatic N) is 1. The van der Waals surface area contributed by atoms with Gasteiger partial charge in [-0.3, -0.25) is 0 Å². The smallest absolute Gasteiger partial charge is 0.207 e. The largest absolute Gasteiger partial charge is 0.244 e. The third-order valence-corrected chi connectivity index (χ3v) is 8.45. The molecule has 2 aromatic carbocycles. The molecular weight excluding hydrogens is 393 g/mol. The molecule has 0 amide bonds. The minimum absolute atomic E-state index is 0.329. The lowest BCUT2D eigenvalue weighted by molar-refractivity contribution is 0.346. The van der Waals surface area contributed by atoms with E-state index >= 15 is 0 Å². The van der Waals surface area contributed by atoms with Crippen LogP contribution >= 0.6 is 11.3 Å². The molecule has 1 aliphatic heterocycles. The summed E-state index contributed by atoms with van der Waals surface area (Å²) in [6, 6.07) is 11.5. The normalized spacial score (nSPS) is 17.5. The zero-order chi connectivity index (χ0) is 20.1. The van der Waals surface area contributed by atoms with Gasteiger partial charge in [0.15, 0.2) is 0 Å². The molecule has 1 aliphatic rings. The van der Waals surface area contributed by atoms with Gasteiger partial charge in [0.1, 0.15) is 5.82 Å². The zero-order valence-corrected chi connectivity index (χ0v) is 17.7. The van der Waals surface area contributed by atoms with Crippen molar-refractivity contribution in [3.63, 3.8) is 0 Å². The summed E-state index contributed by atoms with van der Waals surface area (Å²) in [5.74, 6) is -0.329. The van der Waals surface area contributed by atoms with Crippen LogP contribution in [0.25, 0.3) is 0 Å². The molecule has 6 heteroatoms. The first-order valence-electron chi connectivity index (χ1n) is 9.20. The number of hydrogen-bond donors (Lipinski definition) is 0. The van der Waals surface area contributed by atoms with Crippen molar-refractivity contribution in [1.82, 2.24) is 4.31 Å². The van der Waals surface area contributed by atoms with Gasteiger partial charge in [0, 0.05) is 11.4 Å². The Balaban J connectivity index is 1.89. The highest BCUT2D eigenvalue weighted by atomic mass is 32.2. The number of rotatable bonds is 3. The molecule has 1 atom stereocenters. The van der Waals surface area contributed by atoms with Crippen molar-refractivity contribution >= 4 is 21.4 Å². The van der Waals surface area contributed by atoms with Crippen LogP contribution in [0.2, 0.25) is 0 Å². The summed E-state index contributed by atoms with van der Waals surface area (Å²) in [7, 11) is -3.72. The quantitative estimate of drug-likeness (QED) is 0.593. The molecule has 0 saturated carbocycles. The van der Waals surface area contributed by atoms with E-state index in [1.54, 1.807) is 27.8 Å². The summed E-state index contributed by atoms with van der Waals surface area (Å²) in [5, 5.41) is 2.00. The molecule has 0 fully saturated rings. The highest BCUT2D eigenvalue weighted by Gasteiger charge is 2.39. The van der Waals surface area contributed by atoms with E-state index < -0.39 is 16.1 Å². The summed E-state index contributed by atoms with van der Waals surface area (Å²) < 4.78 is 42.6. The third-order valence-electron chi connectivity index (χ3n) is 5.28. The fraction of sp³-hybridized carbons (Fsp3) is 0.273. The van der Waals surface area contributed by atoms with Crippen LogP contribution in [0, 0.1) is 26.6 Å². The lowest BCUT2D eigenvalue weighted by Gasteiger charge is -2.36. The molecule has 0 radical (unpaired) electrons. The summed E-state index contributed by atoms with van der Waals surface area (Å²) in [4.78, 5) is 1.57. The summed E-state index contributed by atoms with van der Waals surface area (Å²) >= 11 is 1.65. The number of benzene rings is 2. The molecule has 28 heavy (non-hydrogen) atoms. The van der Waals surface area contributed by atoms with Crippen LogP contribution < -0.4 is 0 Å². The van der Waals surface area contributed by atoms with Crippen LogP contribution in [-0.2, 0) is 16.4 Å². The van der Waals surface area contributed by atoms with Crippen molar-refractivity contribution in [3.8, 4) is 0 Å². The average molecular weight is 416 g/mol. The van der Waals surface area contributed by atoms with Crippen LogP contribution in [0.5, 0.6) is 0 Å². The average Bonchev–Trinajstić information content (AvgIpc) is 3.09. The number of thiophene rings is 1. The van der Waals surface area contributed by atoms with Crippen molar-refractivity contribution < 1.29 is 12.8 Å². The maximum Gasteiger partial charge on any atom is 0.244 e. The Bertz CT molecular complexity index is 1110. The van der Waals surface area contributed by atoms with Gasteiger partial charge in [-0.05, 0) is 73.0 Å². The fourth-order valence-electron chi connectivity index (χ4n) is 4.23. The first-order valence-corrected chi connectivity index (χ1v) is 11.5. The van der Waals surface area contributed by atoms with Crippen molar-refractivity contribution in [2.24, 2.45) is 0 Å². The van der Waals surface area contributed by atoms with E-state index in [4.69, 9.17) is 0 Å². The summed E-state index contributed by atoms with van der Waals surface area (Å²) in [5.41, 5.74) is 4.33. The Hall–Kier alpha value is -2.02. The van der Waals surface area contributed by atoms with Crippen LogP contribution in [0.4, 0.5) is 4.39 Å². The minimum atomic E-state index is -3.72. The van der Waals surface area contributed by atoms with Crippen molar-refractivity contribution in [2.75, 3.05) is 6.54 Å². The van der Waals surface area contributed by atoms with Gasteiger partial charge in [-0.25, -0.2) is 12.8 Å². The number of sulfonamides is 1. The molecule has 0 spiro atoms.